The minimum absolute atomic E-state index is 0.0929. The molecule has 0 saturated carbocycles. The number of anilines is 1. The van der Waals surface area contributed by atoms with Crippen LogP contribution in [0.1, 0.15) is 51.9 Å². The third kappa shape index (κ3) is 3.10. The first kappa shape index (κ1) is 18.9. The van der Waals surface area contributed by atoms with Gasteiger partial charge < -0.3 is 14.8 Å². The number of carbonyl (C=O) groups is 2. The van der Waals surface area contributed by atoms with Crippen molar-refractivity contribution in [2.24, 2.45) is 0 Å². The van der Waals surface area contributed by atoms with Gasteiger partial charge in [-0.25, -0.2) is 9.59 Å². The normalized spacial score (nSPS) is 20.1. The second-order valence-electron chi connectivity index (χ2n) is 7.62. The number of carboxylic acids is 1. The van der Waals surface area contributed by atoms with Gasteiger partial charge in [0.25, 0.3) is 5.56 Å². The summed E-state index contributed by atoms with van der Waals surface area (Å²) in [4.78, 5) is 53.9. The lowest BCUT2D eigenvalue weighted by Crippen LogP contribution is -2.37. The van der Waals surface area contributed by atoms with Gasteiger partial charge in [0.15, 0.2) is 5.78 Å². The highest BCUT2D eigenvalue weighted by atomic mass is 16.4. The Hall–Kier alpha value is -4.14. The van der Waals surface area contributed by atoms with Gasteiger partial charge in [-0.3, -0.25) is 19.6 Å². The van der Waals surface area contributed by atoms with Crippen LogP contribution in [0.15, 0.2) is 67.9 Å². The van der Waals surface area contributed by atoms with Crippen LogP contribution < -0.4 is 16.6 Å². The van der Waals surface area contributed by atoms with E-state index in [-0.39, 0.29) is 35.1 Å². The number of aromatic amines is 2. The Morgan fingerprint density at radius 2 is 1.81 bits per heavy atom. The van der Waals surface area contributed by atoms with Crippen molar-refractivity contribution >= 4 is 17.6 Å². The van der Waals surface area contributed by atoms with Gasteiger partial charge in [0.1, 0.15) is 11.6 Å². The zero-order valence-corrected chi connectivity index (χ0v) is 16.1. The SMILES string of the molecule is O=C1C[C@@H](c2ccco2)CC2=C1[C@H](c1ccc(C(=O)O)cc1)c1c([nH]c(=O)[nH]c1=O)N2. The Bertz CT molecular complexity index is 1350. The number of benzene rings is 1. The van der Waals surface area contributed by atoms with Crippen LogP contribution in [0.4, 0.5) is 5.82 Å². The Kier molecular flexibility index (Phi) is 4.25. The van der Waals surface area contributed by atoms with Crippen LogP contribution in [-0.4, -0.2) is 26.8 Å². The Morgan fingerprint density at radius 3 is 2.48 bits per heavy atom. The van der Waals surface area contributed by atoms with Crippen molar-refractivity contribution in [1.82, 2.24) is 9.97 Å². The van der Waals surface area contributed by atoms with Gasteiger partial charge in [0.05, 0.1) is 17.4 Å². The van der Waals surface area contributed by atoms with Crippen LogP contribution in [0.3, 0.4) is 0 Å². The molecule has 0 unspecified atom stereocenters. The summed E-state index contributed by atoms with van der Waals surface area (Å²) in [5, 5.41) is 12.3. The summed E-state index contributed by atoms with van der Waals surface area (Å²) in [6.07, 6.45) is 2.23. The van der Waals surface area contributed by atoms with Crippen LogP contribution in [0.2, 0.25) is 0 Å². The zero-order chi connectivity index (χ0) is 21.7. The summed E-state index contributed by atoms with van der Waals surface area (Å²) in [5.41, 5.74) is 0.676. The molecule has 9 nitrogen and oxygen atoms in total. The first-order valence-corrected chi connectivity index (χ1v) is 9.68. The lowest BCUT2D eigenvalue weighted by atomic mass is 9.73. The number of furan rings is 1. The van der Waals surface area contributed by atoms with Crippen LogP contribution in [0, 0.1) is 0 Å². The average Bonchev–Trinajstić information content (AvgIpc) is 3.27. The number of fused-ring (bicyclic) bond motifs is 1. The van der Waals surface area contributed by atoms with Crippen molar-refractivity contribution in [3.05, 3.63) is 97.2 Å². The molecule has 1 aromatic carbocycles. The lowest BCUT2D eigenvalue weighted by Gasteiger charge is -2.35. The number of Topliss-reactive ketones (excluding diaryl/α,β-unsaturated/α-hetero) is 1. The maximum atomic E-state index is 13.3. The van der Waals surface area contributed by atoms with Crippen LogP contribution in [0.5, 0.6) is 0 Å². The van der Waals surface area contributed by atoms with E-state index in [1.165, 1.54) is 12.1 Å². The Labute approximate surface area is 174 Å². The molecule has 2 aliphatic rings. The Morgan fingerprint density at radius 1 is 1.03 bits per heavy atom. The molecule has 0 bridgehead atoms. The number of allylic oxidation sites excluding steroid dienone is 2. The van der Waals surface area contributed by atoms with Crippen LogP contribution in [0.25, 0.3) is 0 Å². The molecule has 2 atom stereocenters. The van der Waals surface area contributed by atoms with Crippen molar-refractivity contribution < 1.29 is 19.1 Å². The van der Waals surface area contributed by atoms with E-state index in [0.29, 0.717) is 29.0 Å². The summed E-state index contributed by atoms with van der Waals surface area (Å²) >= 11 is 0. The maximum absolute atomic E-state index is 13.3. The van der Waals surface area contributed by atoms with Crippen molar-refractivity contribution in [3.63, 3.8) is 0 Å². The molecule has 1 aliphatic carbocycles. The van der Waals surface area contributed by atoms with Crippen LogP contribution >= 0.6 is 0 Å². The van der Waals surface area contributed by atoms with E-state index in [1.807, 2.05) is 6.07 Å². The number of carboxylic acid groups (broad SMARTS) is 1. The molecule has 0 spiro atoms. The summed E-state index contributed by atoms with van der Waals surface area (Å²) in [7, 11) is 0. The predicted molar refractivity (Wildman–Crippen MR) is 109 cm³/mol. The Balaban J connectivity index is 1.68. The highest BCUT2D eigenvalue weighted by Crippen LogP contribution is 2.46. The van der Waals surface area contributed by atoms with Crippen molar-refractivity contribution in [2.75, 3.05) is 5.32 Å². The highest BCUT2D eigenvalue weighted by Gasteiger charge is 2.40. The second-order valence-corrected chi connectivity index (χ2v) is 7.62. The number of rotatable bonds is 3. The smallest absolute Gasteiger partial charge is 0.335 e. The standard InChI is InChI=1S/C22H17N3O6/c26-14-9-12(15-2-1-7-31-15)8-13-17(14)16(10-3-5-11(6-4-10)21(28)29)18-19(23-13)24-22(30)25-20(18)27/h1-7,12,16H,8-9H2,(H,28,29)(H3,23,24,25,27,30)/t12-,16-/m0/s1. The molecule has 1 aliphatic heterocycles. The van der Waals surface area contributed by atoms with Crippen molar-refractivity contribution in [2.45, 2.75) is 24.7 Å². The van der Waals surface area contributed by atoms with E-state index in [2.05, 4.69) is 15.3 Å². The molecule has 5 rings (SSSR count). The van der Waals surface area contributed by atoms with E-state index in [1.54, 1.807) is 24.5 Å². The average molecular weight is 419 g/mol. The maximum Gasteiger partial charge on any atom is 0.335 e. The van der Waals surface area contributed by atoms with Crippen molar-refractivity contribution in [3.8, 4) is 0 Å². The molecule has 0 amide bonds. The highest BCUT2D eigenvalue weighted by molar-refractivity contribution is 6.01. The fourth-order valence-corrected chi connectivity index (χ4v) is 4.43. The first-order chi connectivity index (χ1) is 14.9. The topological polar surface area (TPSA) is 145 Å². The van der Waals surface area contributed by atoms with Crippen molar-refractivity contribution in [1.29, 1.82) is 0 Å². The number of ketones is 1. The number of aromatic nitrogens is 2. The molecule has 0 saturated heterocycles. The number of nitrogens with one attached hydrogen (secondary N) is 3. The first-order valence-electron chi connectivity index (χ1n) is 9.68. The minimum atomic E-state index is -1.07. The van der Waals surface area contributed by atoms with E-state index in [9.17, 15) is 24.3 Å². The van der Waals surface area contributed by atoms with Gasteiger partial charge in [-0.05, 0) is 36.2 Å². The molecular weight excluding hydrogens is 402 g/mol. The number of carbonyl (C=O) groups excluding carboxylic acids is 1. The van der Waals surface area contributed by atoms with Gasteiger partial charge in [0.2, 0.25) is 0 Å². The second kappa shape index (κ2) is 6.98. The van der Waals surface area contributed by atoms with Gasteiger partial charge in [-0.2, -0.15) is 0 Å². The van der Waals surface area contributed by atoms with Gasteiger partial charge >= 0.3 is 11.7 Å². The lowest BCUT2D eigenvalue weighted by molar-refractivity contribution is -0.116. The fourth-order valence-electron chi connectivity index (χ4n) is 4.43. The van der Waals surface area contributed by atoms with E-state index < -0.39 is 23.1 Å². The molecule has 156 valence electrons. The molecule has 9 heteroatoms. The summed E-state index contributed by atoms with van der Waals surface area (Å²) in [6, 6.07) is 9.61. The van der Waals surface area contributed by atoms with Gasteiger partial charge in [-0.1, -0.05) is 12.1 Å². The quantitative estimate of drug-likeness (QED) is 0.510. The summed E-state index contributed by atoms with van der Waals surface area (Å²) < 4.78 is 5.48. The van der Waals surface area contributed by atoms with Gasteiger partial charge in [-0.15, -0.1) is 0 Å². The number of hydrogen-bond donors (Lipinski definition) is 4. The largest absolute Gasteiger partial charge is 0.478 e. The number of H-pyrrole nitrogens is 2. The molecule has 0 fully saturated rings. The van der Waals surface area contributed by atoms with E-state index >= 15 is 0 Å². The minimum Gasteiger partial charge on any atom is -0.478 e. The van der Waals surface area contributed by atoms with E-state index in [4.69, 9.17) is 4.42 Å². The zero-order valence-electron chi connectivity index (χ0n) is 16.1. The number of aromatic carboxylic acids is 1. The number of hydrogen-bond acceptors (Lipinski definition) is 6. The summed E-state index contributed by atoms with van der Waals surface area (Å²) in [6.45, 7) is 0. The molecule has 31 heavy (non-hydrogen) atoms. The molecule has 2 aromatic heterocycles. The fraction of sp³-hybridized carbons (Fsp3) is 0.182. The summed E-state index contributed by atoms with van der Waals surface area (Å²) in [5.74, 6) is -1.20. The third-order valence-corrected chi connectivity index (χ3v) is 5.78. The molecule has 3 aromatic rings. The third-order valence-electron chi connectivity index (χ3n) is 5.78. The van der Waals surface area contributed by atoms with Crippen LogP contribution in [-0.2, 0) is 4.79 Å². The molecule has 3 heterocycles. The predicted octanol–water partition coefficient (Wildman–Crippen LogP) is 2.31. The van der Waals surface area contributed by atoms with Gasteiger partial charge in [0, 0.05) is 29.5 Å². The molecular formula is C22H17N3O6. The monoisotopic (exact) mass is 419 g/mol. The molecule has 0 radical (unpaired) electrons. The van der Waals surface area contributed by atoms with E-state index in [0.717, 1.165) is 0 Å². The molecule has 4 N–H and O–H groups in total.